The van der Waals surface area contributed by atoms with Crippen LogP contribution in [0.4, 0.5) is 5.69 Å². The molecular formula is C32H38N4O9. The quantitative estimate of drug-likeness (QED) is 0.206. The molecule has 0 spiro atoms. The molecule has 1 aliphatic heterocycles. The van der Waals surface area contributed by atoms with Crippen molar-refractivity contribution in [1.29, 1.82) is 0 Å². The summed E-state index contributed by atoms with van der Waals surface area (Å²) in [7, 11) is 6.73. The van der Waals surface area contributed by atoms with E-state index in [-0.39, 0.29) is 42.0 Å². The van der Waals surface area contributed by atoms with Crippen LogP contribution in [0.3, 0.4) is 0 Å². The Hall–Kier alpha value is -4.49. The highest BCUT2D eigenvalue weighted by molar-refractivity contribution is 6.24. The minimum Gasteiger partial charge on any atom is -0.508 e. The number of nitrogens with two attached hydrogens (primary N) is 1. The number of phenolic OH excluding ortho intramolecular Hbond substituents is 1. The van der Waals surface area contributed by atoms with Crippen LogP contribution in [0.5, 0.6) is 5.75 Å². The van der Waals surface area contributed by atoms with Crippen molar-refractivity contribution >= 4 is 40.6 Å². The number of nitrogens with zero attached hydrogens (tertiary/aromatic N) is 3. The number of aliphatic imine (C=N–C) groups is 1. The van der Waals surface area contributed by atoms with Gasteiger partial charge in [0.2, 0.25) is 5.78 Å². The smallest absolute Gasteiger partial charge is 0.356 e. The van der Waals surface area contributed by atoms with Crippen LogP contribution in [-0.4, -0.2) is 101 Å². The zero-order chi connectivity index (χ0) is 33.1. The molecule has 1 unspecified atom stereocenters. The Bertz CT molecular complexity index is 1650. The predicted octanol–water partition coefficient (Wildman–Crippen LogP) is 1.25. The molecule has 4 aliphatic rings. The molecule has 1 fully saturated rings. The Labute approximate surface area is 260 Å². The number of allylic oxidation sites excluding steroid dienone is 1. The van der Waals surface area contributed by atoms with Crippen molar-refractivity contribution in [2.75, 3.05) is 39.7 Å². The SMILES string of the molecule is CCOC(=O)C1=CCC(CCc2cc(N(C)C)c3c(c2O)C(O)=C2C(=O)[C@@]4(O)C(O)=C(C(N)=O)C(=O)C(N(C)C)[C@H]4C[C@H]2C3)=N1. The molecule has 240 valence electrons. The first-order valence-corrected chi connectivity index (χ1v) is 14.8. The second-order valence-corrected chi connectivity index (χ2v) is 12.3. The number of primary amides is 1. The zero-order valence-corrected chi connectivity index (χ0v) is 25.9. The number of likely N-dealkylation sites (N-methyl/N-ethyl adjacent to an activating group) is 1. The highest BCUT2D eigenvalue weighted by Gasteiger charge is 2.64. The van der Waals surface area contributed by atoms with Gasteiger partial charge in [-0.3, -0.25) is 24.3 Å². The van der Waals surface area contributed by atoms with Gasteiger partial charge >= 0.3 is 5.97 Å². The summed E-state index contributed by atoms with van der Waals surface area (Å²) in [6, 6.07) is 0.659. The molecule has 1 aromatic carbocycles. The minimum absolute atomic E-state index is 0.0107. The van der Waals surface area contributed by atoms with E-state index in [0.29, 0.717) is 36.1 Å². The monoisotopic (exact) mass is 622 g/mol. The van der Waals surface area contributed by atoms with Crippen LogP contribution < -0.4 is 10.6 Å². The summed E-state index contributed by atoms with van der Waals surface area (Å²) in [6.07, 6.45) is 3.03. The Balaban J connectivity index is 1.58. The number of anilines is 1. The van der Waals surface area contributed by atoms with Crippen LogP contribution in [0.25, 0.3) is 5.76 Å². The number of phenols is 1. The Kier molecular flexibility index (Phi) is 8.13. The van der Waals surface area contributed by atoms with Crippen LogP contribution in [0, 0.1) is 11.8 Å². The molecule has 4 atom stereocenters. The first kappa shape index (κ1) is 31.9. The lowest BCUT2D eigenvalue weighted by Crippen LogP contribution is -2.65. The summed E-state index contributed by atoms with van der Waals surface area (Å²) in [5.74, 6) is -7.38. The second-order valence-electron chi connectivity index (χ2n) is 12.3. The molecule has 3 aliphatic carbocycles. The number of aryl methyl sites for hydroxylation is 1. The Morgan fingerprint density at radius 2 is 1.82 bits per heavy atom. The number of Topliss-reactive ketones (excluding diaryl/α,β-unsaturated/α-hetero) is 2. The zero-order valence-electron chi connectivity index (χ0n) is 25.9. The van der Waals surface area contributed by atoms with Crippen molar-refractivity contribution in [2.24, 2.45) is 22.6 Å². The summed E-state index contributed by atoms with van der Waals surface area (Å²) in [5, 5.41) is 46.1. The van der Waals surface area contributed by atoms with E-state index in [1.54, 1.807) is 27.1 Å². The van der Waals surface area contributed by atoms with E-state index in [0.717, 1.165) is 5.71 Å². The third kappa shape index (κ3) is 4.90. The molecule has 5 rings (SSSR count). The first-order chi connectivity index (χ1) is 21.1. The van der Waals surface area contributed by atoms with Gasteiger partial charge in [0, 0.05) is 43.4 Å². The van der Waals surface area contributed by atoms with Gasteiger partial charge in [-0.25, -0.2) is 4.79 Å². The molecule has 1 amide bonds. The maximum Gasteiger partial charge on any atom is 0.356 e. The second kappa shape index (κ2) is 11.5. The van der Waals surface area contributed by atoms with Crippen molar-refractivity contribution < 1.29 is 44.3 Å². The lowest BCUT2D eigenvalue weighted by molar-refractivity contribution is -0.153. The van der Waals surface area contributed by atoms with Crippen LogP contribution in [0.2, 0.25) is 0 Å². The van der Waals surface area contributed by atoms with E-state index in [4.69, 9.17) is 10.5 Å². The number of hydrogen-bond donors (Lipinski definition) is 5. The largest absolute Gasteiger partial charge is 0.508 e. The number of aromatic hydroxyl groups is 1. The number of carbonyl (C=O) groups is 4. The van der Waals surface area contributed by atoms with E-state index in [9.17, 15) is 39.6 Å². The summed E-state index contributed by atoms with van der Waals surface area (Å²) in [5.41, 5.74) is 4.35. The summed E-state index contributed by atoms with van der Waals surface area (Å²) < 4.78 is 5.01. The van der Waals surface area contributed by atoms with Gasteiger partial charge in [-0.1, -0.05) is 0 Å². The number of ether oxygens (including phenoxy) is 1. The number of amides is 1. The molecule has 1 saturated carbocycles. The highest BCUT2D eigenvalue weighted by atomic mass is 16.5. The topological polar surface area (TPSA) is 203 Å². The molecule has 1 heterocycles. The summed E-state index contributed by atoms with van der Waals surface area (Å²) >= 11 is 0. The molecular weight excluding hydrogens is 584 g/mol. The number of aliphatic hydroxyl groups excluding tert-OH is 2. The lowest BCUT2D eigenvalue weighted by atomic mass is 9.57. The van der Waals surface area contributed by atoms with Gasteiger partial charge in [0.15, 0.2) is 11.4 Å². The van der Waals surface area contributed by atoms with Crippen molar-refractivity contribution in [3.63, 3.8) is 0 Å². The van der Waals surface area contributed by atoms with Crippen molar-refractivity contribution in [2.45, 2.75) is 50.7 Å². The van der Waals surface area contributed by atoms with Crippen LogP contribution in [0.15, 0.2) is 39.7 Å². The first-order valence-electron chi connectivity index (χ1n) is 14.8. The average Bonchev–Trinajstić information content (AvgIpc) is 3.43. The normalized spacial score (nSPS) is 25.9. The van der Waals surface area contributed by atoms with Crippen molar-refractivity contribution in [3.05, 3.63) is 51.4 Å². The van der Waals surface area contributed by atoms with Gasteiger partial charge in [0.25, 0.3) is 5.91 Å². The van der Waals surface area contributed by atoms with Crippen LogP contribution >= 0.6 is 0 Å². The number of ketones is 2. The van der Waals surface area contributed by atoms with Crippen molar-refractivity contribution in [1.82, 2.24) is 4.90 Å². The van der Waals surface area contributed by atoms with E-state index in [1.807, 2.05) is 25.1 Å². The van der Waals surface area contributed by atoms with Gasteiger partial charge in [-0.2, -0.15) is 0 Å². The van der Waals surface area contributed by atoms with Crippen LogP contribution in [-0.2, 0) is 36.8 Å². The number of rotatable bonds is 8. The molecule has 13 nitrogen and oxygen atoms in total. The third-order valence-electron chi connectivity index (χ3n) is 9.24. The summed E-state index contributed by atoms with van der Waals surface area (Å²) in [6.45, 7) is 1.94. The molecule has 13 heteroatoms. The van der Waals surface area contributed by atoms with E-state index >= 15 is 0 Å². The van der Waals surface area contributed by atoms with Gasteiger partial charge in [0.1, 0.15) is 28.5 Å². The number of benzene rings is 1. The van der Waals surface area contributed by atoms with Crippen molar-refractivity contribution in [3.8, 4) is 5.75 Å². The molecule has 0 saturated heterocycles. The van der Waals surface area contributed by atoms with E-state index in [2.05, 4.69) is 4.99 Å². The fourth-order valence-electron chi connectivity index (χ4n) is 7.18. The fourth-order valence-corrected chi connectivity index (χ4v) is 7.18. The lowest BCUT2D eigenvalue weighted by Gasteiger charge is -2.50. The molecule has 6 N–H and O–H groups in total. The molecule has 45 heavy (non-hydrogen) atoms. The third-order valence-corrected chi connectivity index (χ3v) is 9.24. The fraction of sp³-hybridized carbons (Fsp3) is 0.469. The maximum absolute atomic E-state index is 14.1. The van der Waals surface area contributed by atoms with Gasteiger partial charge < -0.3 is 35.8 Å². The van der Waals surface area contributed by atoms with Gasteiger partial charge in [-0.15, -0.1) is 0 Å². The number of fused-ring (bicyclic) bond motifs is 3. The number of carbonyl (C=O) groups excluding carboxylic acids is 4. The average molecular weight is 623 g/mol. The minimum atomic E-state index is -2.70. The summed E-state index contributed by atoms with van der Waals surface area (Å²) in [4.78, 5) is 59.3. The standard InChI is InChI=1S/C32H38N4O9/c1-6-45-31(43)19-10-9-16(34-19)8-7-14-13-20(35(2)3)17-11-15-12-18-24(36(4)5)27(39)23(30(33)42)29(41)32(18,44)28(40)21(15)26(38)22(17)25(14)37/h10,13,15,18,24,37-38,41,44H,6-9,11-12H2,1-5H3,(H2,33,42)/t15-,18-,24?,32-/m1/s1. The van der Waals surface area contributed by atoms with Crippen LogP contribution in [0.1, 0.15) is 42.9 Å². The highest BCUT2D eigenvalue weighted by Crippen LogP contribution is 2.54. The molecule has 0 aromatic heterocycles. The molecule has 0 radical (unpaired) electrons. The molecule has 0 bridgehead atoms. The maximum atomic E-state index is 14.1. The number of esters is 1. The predicted molar refractivity (Wildman–Crippen MR) is 164 cm³/mol. The number of aliphatic hydroxyl groups is 3. The number of hydrogen-bond acceptors (Lipinski definition) is 12. The van der Waals surface area contributed by atoms with Gasteiger partial charge in [0.05, 0.1) is 18.2 Å². The molecule has 1 aromatic rings. The Morgan fingerprint density at radius 1 is 1.13 bits per heavy atom. The van der Waals surface area contributed by atoms with E-state index < -0.39 is 64.0 Å². The Morgan fingerprint density at radius 3 is 2.42 bits per heavy atom. The van der Waals surface area contributed by atoms with E-state index in [1.165, 1.54) is 4.90 Å². The van der Waals surface area contributed by atoms with Gasteiger partial charge in [-0.05, 0) is 75.9 Å².